The van der Waals surface area contributed by atoms with E-state index < -0.39 is 0 Å². The van der Waals surface area contributed by atoms with Crippen LogP contribution >= 0.6 is 11.8 Å². The van der Waals surface area contributed by atoms with Crippen LogP contribution in [0, 0.1) is 0 Å². The second kappa shape index (κ2) is 7.83. The van der Waals surface area contributed by atoms with Gasteiger partial charge >= 0.3 is 0 Å². The molecule has 0 aliphatic rings. The van der Waals surface area contributed by atoms with E-state index in [0.29, 0.717) is 5.82 Å². The topological polar surface area (TPSA) is 59.8 Å². The van der Waals surface area contributed by atoms with Gasteiger partial charge in [0, 0.05) is 12.5 Å². The van der Waals surface area contributed by atoms with Crippen LogP contribution in [0.1, 0.15) is 46.0 Å². The Morgan fingerprint density at radius 3 is 2.50 bits per heavy atom. The Morgan fingerprint density at radius 1 is 1.29 bits per heavy atom. The molecule has 0 spiro atoms. The van der Waals surface area contributed by atoms with Crippen molar-refractivity contribution in [2.24, 2.45) is 0 Å². The minimum atomic E-state index is -0.217. The molecular weight excluding hydrogens is 320 g/mol. The van der Waals surface area contributed by atoms with E-state index in [0.717, 1.165) is 23.6 Å². The lowest BCUT2D eigenvalue weighted by atomic mass is 10.1. The summed E-state index contributed by atoms with van der Waals surface area (Å²) in [5, 5.41) is 7.77. The molecule has 0 unspecified atom stereocenters. The molecule has 1 atom stereocenters. The Labute approximate surface area is 148 Å². The molecule has 1 aromatic carbocycles. The van der Waals surface area contributed by atoms with Gasteiger partial charge in [-0.15, -0.1) is 0 Å². The summed E-state index contributed by atoms with van der Waals surface area (Å²) in [6.45, 7) is 7.83. The van der Waals surface area contributed by atoms with Gasteiger partial charge in [-0.1, -0.05) is 30.3 Å². The molecule has 0 aliphatic heterocycles. The van der Waals surface area contributed by atoms with Gasteiger partial charge < -0.3 is 5.32 Å². The Bertz CT molecular complexity index is 676. The average molecular weight is 347 g/mol. The monoisotopic (exact) mass is 346 g/mol. The number of rotatable bonds is 6. The molecule has 1 aromatic heterocycles. The van der Waals surface area contributed by atoms with E-state index in [1.807, 2.05) is 35.0 Å². The van der Waals surface area contributed by atoms with E-state index in [1.165, 1.54) is 0 Å². The van der Waals surface area contributed by atoms with Crippen molar-refractivity contribution in [3.63, 3.8) is 0 Å². The van der Waals surface area contributed by atoms with Crippen LogP contribution in [0.5, 0.6) is 0 Å². The van der Waals surface area contributed by atoms with Gasteiger partial charge in [0.2, 0.25) is 5.91 Å². The third-order valence-corrected chi connectivity index (χ3v) is 4.24. The fourth-order valence-electron chi connectivity index (χ4n) is 2.50. The summed E-state index contributed by atoms with van der Waals surface area (Å²) in [5.74, 6) is 2.40. The van der Waals surface area contributed by atoms with Crippen molar-refractivity contribution in [2.45, 2.75) is 45.7 Å². The second-order valence-corrected chi connectivity index (χ2v) is 7.76. The summed E-state index contributed by atoms with van der Waals surface area (Å²) in [4.78, 5) is 16.4. The minimum absolute atomic E-state index is 0.0502. The lowest BCUT2D eigenvalue weighted by Crippen LogP contribution is -2.33. The van der Waals surface area contributed by atoms with Crippen molar-refractivity contribution in [1.29, 1.82) is 0 Å². The molecule has 1 heterocycles. The van der Waals surface area contributed by atoms with Gasteiger partial charge in [0.05, 0.1) is 11.6 Å². The number of amides is 1. The third-order valence-electron chi connectivity index (χ3n) is 3.60. The Morgan fingerprint density at radius 2 is 1.96 bits per heavy atom. The lowest BCUT2D eigenvalue weighted by molar-refractivity contribution is -0.119. The van der Waals surface area contributed by atoms with Crippen LogP contribution in [0.4, 0.5) is 0 Å². The first-order valence-electron chi connectivity index (χ1n) is 8.12. The van der Waals surface area contributed by atoms with Crippen LogP contribution < -0.4 is 5.32 Å². The standard InChI is InChI=1S/C18H26N4OS/c1-13(23)19-15(11-12-24-5)17-20-16(14-9-7-6-8-10-14)21-22(17)18(2,3)4/h6-10,15H,11-12H2,1-5H3,(H,19,23)/t15-/m0/s1. The molecular formula is C18H26N4OS. The SMILES string of the molecule is CSCC[C@H](NC(C)=O)c1nc(-c2ccccc2)nn1C(C)(C)C. The molecule has 0 saturated heterocycles. The normalized spacial score (nSPS) is 12.9. The Hall–Kier alpha value is -1.82. The zero-order valence-corrected chi connectivity index (χ0v) is 15.9. The fraction of sp³-hybridized carbons (Fsp3) is 0.500. The van der Waals surface area contributed by atoms with Gasteiger partial charge in [-0.25, -0.2) is 9.67 Å². The first-order chi connectivity index (χ1) is 11.3. The van der Waals surface area contributed by atoms with Crippen LogP contribution in [0.15, 0.2) is 30.3 Å². The molecule has 0 saturated carbocycles. The number of thioether (sulfide) groups is 1. The van der Waals surface area contributed by atoms with Crippen LogP contribution in [0.3, 0.4) is 0 Å². The number of hydrogen-bond donors (Lipinski definition) is 1. The largest absolute Gasteiger partial charge is 0.346 e. The third kappa shape index (κ3) is 4.60. The number of nitrogens with one attached hydrogen (secondary N) is 1. The van der Waals surface area contributed by atoms with Crippen LogP contribution in [-0.4, -0.2) is 32.7 Å². The van der Waals surface area contributed by atoms with E-state index in [4.69, 9.17) is 10.1 Å². The van der Waals surface area contributed by atoms with Crippen molar-refractivity contribution < 1.29 is 4.79 Å². The number of hydrogen-bond acceptors (Lipinski definition) is 4. The number of carbonyl (C=O) groups excluding carboxylic acids is 1. The summed E-state index contributed by atoms with van der Waals surface area (Å²) >= 11 is 1.76. The fourth-order valence-corrected chi connectivity index (χ4v) is 2.97. The zero-order valence-electron chi connectivity index (χ0n) is 15.0. The van der Waals surface area contributed by atoms with Gasteiger partial charge in [-0.2, -0.15) is 16.9 Å². The van der Waals surface area contributed by atoms with Gasteiger partial charge in [0.15, 0.2) is 11.6 Å². The predicted octanol–water partition coefficient (Wildman–Crippen LogP) is 3.63. The minimum Gasteiger partial charge on any atom is -0.346 e. The van der Waals surface area contributed by atoms with Crippen molar-refractivity contribution in [1.82, 2.24) is 20.1 Å². The van der Waals surface area contributed by atoms with Crippen LogP contribution in [0.2, 0.25) is 0 Å². The van der Waals surface area contributed by atoms with E-state index in [-0.39, 0.29) is 17.5 Å². The maximum absolute atomic E-state index is 11.7. The summed E-state index contributed by atoms with van der Waals surface area (Å²) in [6, 6.07) is 9.80. The number of aromatic nitrogens is 3. The summed E-state index contributed by atoms with van der Waals surface area (Å²) in [7, 11) is 0. The predicted molar refractivity (Wildman–Crippen MR) is 100 cm³/mol. The molecule has 0 aliphatic carbocycles. The maximum Gasteiger partial charge on any atom is 0.217 e. The van der Waals surface area contributed by atoms with Crippen molar-refractivity contribution in [2.75, 3.05) is 12.0 Å². The molecule has 2 aromatic rings. The van der Waals surface area contributed by atoms with Gasteiger partial charge in [0.25, 0.3) is 0 Å². The van der Waals surface area contributed by atoms with Crippen LogP contribution in [-0.2, 0) is 10.3 Å². The van der Waals surface area contributed by atoms with Crippen molar-refractivity contribution in [3.05, 3.63) is 36.2 Å². The van der Waals surface area contributed by atoms with E-state index in [9.17, 15) is 4.79 Å². The Balaban J connectivity index is 2.48. The molecule has 0 bridgehead atoms. The van der Waals surface area contributed by atoms with E-state index in [1.54, 1.807) is 18.7 Å². The molecule has 0 fully saturated rings. The highest BCUT2D eigenvalue weighted by Gasteiger charge is 2.27. The highest BCUT2D eigenvalue weighted by molar-refractivity contribution is 7.98. The summed E-state index contributed by atoms with van der Waals surface area (Å²) in [6.07, 6.45) is 2.89. The van der Waals surface area contributed by atoms with Gasteiger partial charge in [-0.3, -0.25) is 4.79 Å². The molecule has 0 radical (unpaired) electrons. The maximum atomic E-state index is 11.7. The summed E-state index contributed by atoms with van der Waals surface area (Å²) in [5.41, 5.74) is 0.763. The zero-order chi connectivity index (χ0) is 17.7. The van der Waals surface area contributed by atoms with Crippen molar-refractivity contribution in [3.8, 4) is 11.4 Å². The second-order valence-electron chi connectivity index (χ2n) is 6.78. The highest BCUT2D eigenvalue weighted by atomic mass is 32.2. The molecule has 1 amide bonds. The van der Waals surface area contributed by atoms with E-state index in [2.05, 4.69) is 32.3 Å². The first kappa shape index (κ1) is 18.5. The highest BCUT2D eigenvalue weighted by Crippen LogP contribution is 2.26. The molecule has 24 heavy (non-hydrogen) atoms. The number of benzene rings is 1. The van der Waals surface area contributed by atoms with Crippen molar-refractivity contribution >= 4 is 17.7 Å². The van der Waals surface area contributed by atoms with E-state index >= 15 is 0 Å². The smallest absolute Gasteiger partial charge is 0.217 e. The Kier molecular flexibility index (Phi) is 6.04. The van der Waals surface area contributed by atoms with Gasteiger partial charge in [-0.05, 0) is 39.2 Å². The molecule has 1 N–H and O–H groups in total. The first-order valence-corrected chi connectivity index (χ1v) is 9.51. The summed E-state index contributed by atoms with van der Waals surface area (Å²) < 4.78 is 1.94. The van der Waals surface area contributed by atoms with Gasteiger partial charge in [0.1, 0.15) is 0 Å². The lowest BCUT2D eigenvalue weighted by Gasteiger charge is -2.25. The number of nitrogens with zero attached hydrogens (tertiary/aromatic N) is 3. The molecule has 130 valence electrons. The van der Waals surface area contributed by atoms with Crippen LogP contribution in [0.25, 0.3) is 11.4 Å². The molecule has 5 nitrogen and oxygen atoms in total. The number of carbonyl (C=O) groups is 1. The molecule has 6 heteroatoms. The average Bonchev–Trinajstić information content (AvgIpc) is 2.97. The molecule has 2 rings (SSSR count). The quantitative estimate of drug-likeness (QED) is 0.868.